The van der Waals surface area contributed by atoms with Crippen molar-refractivity contribution in [1.29, 1.82) is 0 Å². The molecule has 0 spiro atoms. The number of halogens is 1. The molecule has 0 unspecified atom stereocenters. The first-order chi connectivity index (χ1) is 14.7. The third-order valence-electron chi connectivity index (χ3n) is 4.78. The van der Waals surface area contributed by atoms with Gasteiger partial charge in [0.25, 0.3) is 0 Å². The summed E-state index contributed by atoms with van der Waals surface area (Å²) in [5.74, 6) is 0.958. The maximum absolute atomic E-state index is 13.0. The molecule has 2 N–H and O–H groups in total. The van der Waals surface area contributed by atoms with Gasteiger partial charge in [-0.3, -0.25) is 0 Å². The van der Waals surface area contributed by atoms with E-state index >= 15 is 0 Å². The van der Waals surface area contributed by atoms with Gasteiger partial charge in [-0.15, -0.1) is 0 Å². The van der Waals surface area contributed by atoms with E-state index in [1.165, 1.54) is 12.1 Å². The summed E-state index contributed by atoms with van der Waals surface area (Å²) in [6.07, 6.45) is 9.14. The van der Waals surface area contributed by atoms with E-state index < -0.39 is 0 Å². The first kappa shape index (κ1) is 18.0. The van der Waals surface area contributed by atoms with Crippen LogP contribution in [-0.2, 0) is 6.54 Å². The highest BCUT2D eigenvalue weighted by molar-refractivity contribution is 5.88. The van der Waals surface area contributed by atoms with Crippen LogP contribution in [0.1, 0.15) is 5.56 Å². The lowest BCUT2D eigenvalue weighted by molar-refractivity contribution is 0.387. The lowest BCUT2D eigenvalue weighted by Crippen LogP contribution is -2.35. The number of fused-ring (bicyclic) bond motifs is 2. The predicted molar refractivity (Wildman–Crippen MR) is 111 cm³/mol. The number of aromatic nitrogens is 4. The molecule has 1 aliphatic rings. The van der Waals surface area contributed by atoms with E-state index in [1.54, 1.807) is 30.7 Å². The number of rotatable bonds is 6. The molecule has 30 heavy (non-hydrogen) atoms. The van der Waals surface area contributed by atoms with E-state index in [-0.39, 0.29) is 5.82 Å². The van der Waals surface area contributed by atoms with Crippen molar-refractivity contribution in [2.45, 2.75) is 6.54 Å². The van der Waals surface area contributed by atoms with Crippen LogP contribution in [0.4, 0.5) is 16.2 Å². The Morgan fingerprint density at radius 2 is 1.97 bits per heavy atom. The summed E-state index contributed by atoms with van der Waals surface area (Å²) >= 11 is 0. The van der Waals surface area contributed by atoms with Gasteiger partial charge >= 0.3 is 0 Å². The molecule has 5 rings (SSSR count). The average molecular weight is 403 g/mol. The Morgan fingerprint density at radius 1 is 1.07 bits per heavy atom. The minimum absolute atomic E-state index is 0.254. The maximum atomic E-state index is 13.0. The van der Waals surface area contributed by atoms with Gasteiger partial charge in [0.05, 0.1) is 29.0 Å². The van der Waals surface area contributed by atoms with Crippen LogP contribution in [0.3, 0.4) is 0 Å². The minimum atomic E-state index is -0.254. The van der Waals surface area contributed by atoms with Crippen molar-refractivity contribution in [3.63, 3.8) is 0 Å². The second kappa shape index (κ2) is 7.78. The summed E-state index contributed by atoms with van der Waals surface area (Å²) in [5.41, 5.74) is 2.52. The fourth-order valence-corrected chi connectivity index (χ4v) is 3.21. The molecule has 0 bridgehead atoms. The molecule has 0 aliphatic carbocycles. The van der Waals surface area contributed by atoms with Gasteiger partial charge in [0, 0.05) is 31.7 Å². The second-order valence-electron chi connectivity index (χ2n) is 6.85. The maximum Gasteiger partial charge on any atom is 0.223 e. The second-order valence-corrected chi connectivity index (χ2v) is 6.85. The monoisotopic (exact) mass is 403 g/mol. The molecule has 0 amide bonds. The first-order valence-corrected chi connectivity index (χ1v) is 9.45. The van der Waals surface area contributed by atoms with Crippen LogP contribution in [0.15, 0.2) is 53.4 Å². The van der Waals surface area contributed by atoms with Crippen LogP contribution in [0.5, 0.6) is 0 Å². The molecular weight excluding hydrogens is 385 g/mol. The van der Waals surface area contributed by atoms with Gasteiger partial charge in [0.1, 0.15) is 11.6 Å². The largest absolute Gasteiger partial charge is 0.357 e. The molecular formula is C21H18FN7O. The summed E-state index contributed by atoms with van der Waals surface area (Å²) < 4.78 is 18.2. The molecule has 1 aliphatic heterocycles. The number of hydrogen-bond acceptors (Lipinski definition) is 8. The van der Waals surface area contributed by atoms with Crippen LogP contribution < -0.4 is 21.3 Å². The molecule has 0 fully saturated rings. The van der Waals surface area contributed by atoms with Crippen LogP contribution in [0.25, 0.3) is 23.2 Å². The highest BCUT2D eigenvalue weighted by Crippen LogP contribution is 2.20. The molecule has 4 aromatic rings. The van der Waals surface area contributed by atoms with E-state index in [0.29, 0.717) is 31.5 Å². The zero-order valence-electron chi connectivity index (χ0n) is 15.9. The Kier molecular flexibility index (Phi) is 4.68. The Morgan fingerprint density at radius 3 is 2.87 bits per heavy atom. The van der Waals surface area contributed by atoms with Crippen LogP contribution in [0, 0.1) is 5.82 Å². The van der Waals surface area contributed by atoms with Crippen molar-refractivity contribution >= 4 is 34.9 Å². The topological polar surface area (TPSA) is 92.0 Å². The number of anilines is 2. The zero-order chi connectivity index (χ0) is 20.3. The molecule has 150 valence electrons. The zero-order valence-corrected chi connectivity index (χ0v) is 15.9. The number of nitrogens with one attached hydrogen (secondary N) is 2. The van der Waals surface area contributed by atoms with Crippen molar-refractivity contribution in [2.75, 3.05) is 23.8 Å². The lowest BCUT2D eigenvalue weighted by atomic mass is 10.2. The van der Waals surface area contributed by atoms with E-state index in [9.17, 15) is 4.39 Å². The van der Waals surface area contributed by atoms with Gasteiger partial charge in [-0.05, 0) is 29.8 Å². The van der Waals surface area contributed by atoms with Crippen molar-refractivity contribution in [1.82, 2.24) is 25.0 Å². The lowest BCUT2D eigenvalue weighted by Gasteiger charge is -2.21. The Balaban J connectivity index is 1.28. The number of pyridine rings is 1. The summed E-state index contributed by atoms with van der Waals surface area (Å²) in [5, 5.41) is 12.1. The first-order valence-electron chi connectivity index (χ1n) is 9.45. The molecule has 3 aromatic heterocycles. The van der Waals surface area contributed by atoms with E-state index in [4.69, 9.17) is 4.52 Å². The van der Waals surface area contributed by atoms with Crippen LogP contribution in [0.2, 0.25) is 0 Å². The van der Waals surface area contributed by atoms with Crippen molar-refractivity contribution in [3.8, 4) is 0 Å². The Labute approximate surface area is 170 Å². The molecule has 0 radical (unpaired) electrons. The van der Waals surface area contributed by atoms with Crippen molar-refractivity contribution in [2.24, 2.45) is 0 Å². The van der Waals surface area contributed by atoms with E-state index in [1.807, 2.05) is 18.3 Å². The molecule has 0 saturated heterocycles. The number of nitrogens with zero attached hydrogens (tertiary/aromatic N) is 5. The van der Waals surface area contributed by atoms with Crippen molar-refractivity contribution < 1.29 is 8.91 Å². The van der Waals surface area contributed by atoms with Gasteiger partial charge in [0.15, 0.2) is 5.42 Å². The summed E-state index contributed by atoms with van der Waals surface area (Å²) in [6, 6.07) is 8.17. The smallest absolute Gasteiger partial charge is 0.223 e. The highest BCUT2D eigenvalue weighted by atomic mass is 19.1. The standard InChI is InChI=1S/C21H18FN7O/c22-16-3-1-14(2-4-16)9-24-21-25-11-17-18(28-21)5-7-23-20(17)26-13-29-8-6-19-15(12-29)10-27-30-19/h1-7,10-12H,8-9,13H2,(H,23,26)(H,24,25,28). The van der Waals surface area contributed by atoms with Crippen LogP contribution in [-0.4, -0.2) is 38.2 Å². The van der Waals surface area contributed by atoms with Gasteiger partial charge < -0.3 is 20.1 Å². The fourth-order valence-electron chi connectivity index (χ4n) is 3.21. The van der Waals surface area contributed by atoms with Crippen LogP contribution >= 0.6 is 0 Å². The third kappa shape index (κ3) is 3.77. The molecule has 4 heterocycles. The Hall–Kier alpha value is -4.01. The summed E-state index contributed by atoms with van der Waals surface area (Å²) in [4.78, 5) is 15.5. The molecule has 9 heteroatoms. The third-order valence-corrected chi connectivity index (χ3v) is 4.78. The quantitative estimate of drug-likeness (QED) is 0.502. The van der Waals surface area contributed by atoms with E-state index in [0.717, 1.165) is 27.1 Å². The predicted octanol–water partition coefficient (Wildman–Crippen LogP) is 1.67. The highest BCUT2D eigenvalue weighted by Gasteiger charge is 2.09. The normalized spacial score (nSPS) is 12.8. The van der Waals surface area contributed by atoms with Gasteiger partial charge in [-0.2, -0.15) is 0 Å². The summed E-state index contributed by atoms with van der Waals surface area (Å²) in [6.45, 7) is 1.79. The number of hydrogen-bond donors (Lipinski definition) is 2. The van der Waals surface area contributed by atoms with Gasteiger partial charge in [-0.25, -0.2) is 19.3 Å². The summed E-state index contributed by atoms with van der Waals surface area (Å²) in [7, 11) is 0. The molecule has 0 atom stereocenters. The minimum Gasteiger partial charge on any atom is -0.357 e. The average Bonchev–Trinajstić information content (AvgIpc) is 3.25. The fraction of sp³-hybridized carbons (Fsp3) is 0.143. The molecule has 0 saturated carbocycles. The molecule has 8 nitrogen and oxygen atoms in total. The van der Waals surface area contributed by atoms with Gasteiger partial charge in [-0.1, -0.05) is 17.3 Å². The SMILES string of the molecule is Fc1ccc(CNc2ncc3c(NCN4C=c5cnoc5=CC4)nccc3n2)cc1. The van der Waals surface area contributed by atoms with E-state index in [2.05, 4.69) is 35.6 Å². The molecule has 1 aromatic carbocycles. The van der Waals surface area contributed by atoms with Crippen molar-refractivity contribution in [3.05, 3.63) is 70.9 Å². The van der Waals surface area contributed by atoms with Gasteiger partial charge in [0.2, 0.25) is 5.95 Å². The number of benzene rings is 1. The Bertz CT molecular complexity index is 1300.